The number of nitrogens with one attached hydrogen (secondary N) is 1. The molecule has 1 aliphatic heterocycles. The Balaban J connectivity index is 2.27. The van der Waals surface area contributed by atoms with Crippen LogP contribution in [-0.2, 0) is 4.79 Å². The van der Waals surface area contributed by atoms with Crippen molar-refractivity contribution in [3.8, 4) is 0 Å². The molecule has 7 nitrogen and oxygen atoms in total. The second kappa shape index (κ2) is 4.42. The summed E-state index contributed by atoms with van der Waals surface area (Å²) in [4.78, 5) is 36.1. The van der Waals surface area contributed by atoms with Crippen LogP contribution >= 0.6 is 0 Å². The topological polar surface area (TPSA) is 99.9 Å². The van der Waals surface area contributed by atoms with Gasteiger partial charge >= 0.3 is 5.97 Å². The minimum atomic E-state index is -1.17. The first-order valence-electron chi connectivity index (χ1n) is 5.76. The van der Waals surface area contributed by atoms with Gasteiger partial charge in [0, 0.05) is 19.2 Å². The van der Waals surface area contributed by atoms with Crippen LogP contribution in [0, 0.1) is 0 Å². The molecule has 2 N–H and O–H groups in total. The summed E-state index contributed by atoms with van der Waals surface area (Å²) < 4.78 is 4.97. The zero-order chi connectivity index (χ0) is 14.2. The quantitative estimate of drug-likeness (QED) is 0.803. The Kier molecular flexibility index (Phi) is 3.05. The van der Waals surface area contributed by atoms with Crippen molar-refractivity contribution in [2.45, 2.75) is 19.4 Å². The van der Waals surface area contributed by atoms with E-state index in [1.807, 2.05) is 0 Å². The highest BCUT2D eigenvalue weighted by molar-refractivity contribution is 5.99. The number of furan rings is 1. The first-order valence-corrected chi connectivity index (χ1v) is 5.76. The van der Waals surface area contributed by atoms with Gasteiger partial charge in [0.05, 0.1) is 5.56 Å². The third-order valence-electron chi connectivity index (χ3n) is 3.15. The number of hydrogen-bond donors (Lipinski definition) is 2. The Bertz CT molecular complexity index is 546. The van der Waals surface area contributed by atoms with E-state index in [9.17, 15) is 14.4 Å². The Labute approximate surface area is 109 Å². The highest BCUT2D eigenvalue weighted by Crippen LogP contribution is 2.21. The number of carbonyl (C=O) groups excluding carboxylic acids is 2. The third kappa shape index (κ3) is 2.18. The SMILES string of the molecule is CC1(C)C(=O)NCCN1C(=O)c1cc(C(=O)O)co1. The van der Waals surface area contributed by atoms with Crippen LogP contribution < -0.4 is 5.32 Å². The normalized spacial score (nSPS) is 18.0. The molecule has 0 atom stereocenters. The number of hydrogen-bond acceptors (Lipinski definition) is 4. The van der Waals surface area contributed by atoms with E-state index in [1.165, 1.54) is 4.90 Å². The summed E-state index contributed by atoms with van der Waals surface area (Å²) in [6, 6.07) is 1.16. The highest BCUT2D eigenvalue weighted by atomic mass is 16.4. The number of nitrogens with zero attached hydrogens (tertiary/aromatic N) is 1. The number of carboxylic acids is 1. The molecule has 0 spiro atoms. The predicted molar refractivity (Wildman–Crippen MR) is 63.8 cm³/mol. The van der Waals surface area contributed by atoms with Gasteiger partial charge in [-0.2, -0.15) is 0 Å². The Morgan fingerprint density at radius 3 is 2.74 bits per heavy atom. The predicted octanol–water partition coefficient (Wildman–Crippen LogP) is 0.328. The maximum atomic E-state index is 12.3. The van der Waals surface area contributed by atoms with Gasteiger partial charge in [0.15, 0.2) is 5.76 Å². The zero-order valence-corrected chi connectivity index (χ0v) is 10.6. The molecule has 1 aliphatic rings. The molecule has 0 aromatic carbocycles. The maximum absolute atomic E-state index is 12.3. The first kappa shape index (κ1) is 13.1. The summed E-state index contributed by atoms with van der Waals surface area (Å²) in [5.41, 5.74) is -1.09. The van der Waals surface area contributed by atoms with Crippen LogP contribution in [0.5, 0.6) is 0 Å². The molecule has 7 heteroatoms. The van der Waals surface area contributed by atoms with Crippen LogP contribution in [-0.4, -0.2) is 46.4 Å². The Morgan fingerprint density at radius 1 is 1.47 bits per heavy atom. The fourth-order valence-electron chi connectivity index (χ4n) is 1.95. The largest absolute Gasteiger partial charge is 0.478 e. The van der Waals surface area contributed by atoms with Crippen molar-refractivity contribution in [3.05, 3.63) is 23.7 Å². The molecular weight excluding hydrogens is 252 g/mol. The van der Waals surface area contributed by atoms with Gasteiger partial charge in [-0.25, -0.2) is 4.79 Å². The minimum Gasteiger partial charge on any atom is -0.478 e. The standard InChI is InChI=1S/C12H14N2O5/c1-12(2)11(18)13-3-4-14(12)9(15)8-5-7(6-19-8)10(16)17/h5-6H,3-4H2,1-2H3,(H,13,18)(H,16,17). The average molecular weight is 266 g/mol. The number of carbonyl (C=O) groups is 3. The molecule has 1 saturated heterocycles. The lowest BCUT2D eigenvalue weighted by Crippen LogP contribution is -2.63. The van der Waals surface area contributed by atoms with E-state index in [1.54, 1.807) is 13.8 Å². The minimum absolute atomic E-state index is 0.0832. The van der Waals surface area contributed by atoms with Gasteiger partial charge in [-0.1, -0.05) is 0 Å². The van der Waals surface area contributed by atoms with Crippen LogP contribution in [0.25, 0.3) is 0 Å². The zero-order valence-electron chi connectivity index (χ0n) is 10.6. The lowest BCUT2D eigenvalue weighted by atomic mass is 9.98. The fourth-order valence-corrected chi connectivity index (χ4v) is 1.95. The lowest BCUT2D eigenvalue weighted by Gasteiger charge is -2.40. The molecule has 2 amide bonds. The summed E-state index contributed by atoms with van der Waals surface area (Å²) in [6.07, 6.45) is 1.01. The molecule has 102 valence electrons. The first-order chi connectivity index (χ1) is 8.84. The van der Waals surface area contributed by atoms with E-state index >= 15 is 0 Å². The number of amides is 2. The van der Waals surface area contributed by atoms with E-state index in [0.717, 1.165) is 12.3 Å². The molecule has 0 saturated carbocycles. The number of rotatable bonds is 2. The van der Waals surface area contributed by atoms with E-state index in [-0.39, 0.29) is 17.2 Å². The molecule has 19 heavy (non-hydrogen) atoms. The number of carboxylic acid groups (broad SMARTS) is 1. The average Bonchev–Trinajstić information content (AvgIpc) is 2.81. The second-order valence-corrected chi connectivity index (χ2v) is 4.78. The second-order valence-electron chi connectivity index (χ2n) is 4.78. The van der Waals surface area contributed by atoms with Gasteiger partial charge in [-0.05, 0) is 13.8 Å². The van der Waals surface area contributed by atoms with Gasteiger partial charge in [0.1, 0.15) is 11.8 Å². The lowest BCUT2D eigenvalue weighted by molar-refractivity contribution is -0.133. The van der Waals surface area contributed by atoms with Crippen molar-refractivity contribution < 1.29 is 23.9 Å². The van der Waals surface area contributed by atoms with E-state index in [4.69, 9.17) is 9.52 Å². The number of piperazine rings is 1. The van der Waals surface area contributed by atoms with E-state index in [2.05, 4.69) is 5.32 Å². The molecule has 1 fully saturated rings. The smallest absolute Gasteiger partial charge is 0.338 e. The summed E-state index contributed by atoms with van der Waals surface area (Å²) in [6.45, 7) is 3.96. The molecule has 0 aliphatic carbocycles. The van der Waals surface area contributed by atoms with Crippen molar-refractivity contribution in [1.82, 2.24) is 10.2 Å². The van der Waals surface area contributed by atoms with E-state index < -0.39 is 17.4 Å². The molecule has 0 unspecified atom stereocenters. The van der Waals surface area contributed by atoms with Gasteiger partial charge in [0.25, 0.3) is 5.91 Å². The summed E-state index contributed by atoms with van der Waals surface area (Å²) >= 11 is 0. The van der Waals surface area contributed by atoms with Crippen molar-refractivity contribution >= 4 is 17.8 Å². The van der Waals surface area contributed by atoms with Crippen LogP contribution in [0.3, 0.4) is 0 Å². The molecule has 2 rings (SSSR count). The molecule has 1 aromatic rings. The van der Waals surface area contributed by atoms with Crippen molar-refractivity contribution in [2.24, 2.45) is 0 Å². The van der Waals surface area contributed by atoms with Crippen LogP contribution in [0.4, 0.5) is 0 Å². The molecular formula is C12H14N2O5. The van der Waals surface area contributed by atoms with E-state index in [0.29, 0.717) is 13.1 Å². The van der Waals surface area contributed by atoms with Gasteiger partial charge in [-0.3, -0.25) is 9.59 Å². The van der Waals surface area contributed by atoms with Gasteiger partial charge in [0.2, 0.25) is 5.91 Å². The van der Waals surface area contributed by atoms with Crippen molar-refractivity contribution in [1.29, 1.82) is 0 Å². The molecule has 1 aromatic heterocycles. The van der Waals surface area contributed by atoms with Gasteiger partial charge in [-0.15, -0.1) is 0 Å². The van der Waals surface area contributed by atoms with Crippen LogP contribution in [0.2, 0.25) is 0 Å². The Morgan fingerprint density at radius 2 is 2.16 bits per heavy atom. The van der Waals surface area contributed by atoms with Crippen LogP contribution in [0.1, 0.15) is 34.8 Å². The maximum Gasteiger partial charge on any atom is 0.338 e. The Hall–Kier alpha value is -2.31. The van der Waals surface area contributed by atoms with Crippen LogP contribution in [0.15, 0.2) is 16.7 Å². The van der Waals surface area contributed by atoms with Crippen molar-refractivity contribution in [2.75, 3.05) is 13.1 Å². The number of aromatic carboxylic acids is 1. The fraction of sp³-hybridized carbons (Fsp3) is 0.417. The molecule has 0 bridgehead atoms. The summed E-state index contributed by atoms with van der Waals surface area (Å²) in [7, 11) is 0. The molecule has 2 heterocycles. The molecule has 0 radical (unpaired) electrons. The highest BCUT2D eigenvalue weighted by Gasteiger charge is 2.41. The van der Waals surface area contributed by atoms with Crippen molar-refractivity contribution in [3.63, 3.8) is 0 Å². The monoisotopic (exact) mass is 266 g/mol. The third-order valence-corrected chi connectivity index (χ3v) is 3.15. The van der Waals surface area contributed by atoms with Gasteiger partial charge < -0.3 is 19.7 Å². The summed E-state index contributed by atoms with van der Waals surface area (Å²) in [5, 5.41) is 11.5. The summed E-state index contributed by atoms with van der Waals surface area (Å²) in [5.74, 6) is -2.00.